The second kappa shape index (κ2) is 6.37. The van der Waals surface area contributed by atoms with Crippen LogP contribution in [0.1, 0.15) is 31.2 Å². The molecule has 108 valence electrons. The Morgan fingerprint density at radius 1 is 1.30 bits per heavy atom. The van der Waals surface area contributed by atoms with Crippen LogP contribution in [0.4, 0.5) is 0 Å². The molecule has 4 nitrogen and oxygen atoms in total. The van der Waals surface area contributed by atoms with Crippen molar-refractivity contribution in [2.45, 2.75) is 37.8 Å². The molecule has 0 aliphatic carbocycles. The highest BCUT2D eigenvalue weighted by atomic mass is 16.5. The van der Waals surface area contributed by atoms with Crippen LogP contribution in [0.25, 0.3) is 5.57 Å². The quantitative estimate of drug-likeness (QED) is 0.915. The molecule has 2 aliphatic rings. The monoisotopic (exact) mass is 274 g/mol. The summed E-state index contributed by atoms with van der Waals surface area (Å²) in [5.41, 5.74) is 2.20. The zero-order chi connectivity index (χ0) is 13.8. The van der Waals surface area contributed by atoms with Gasteiger partial charge in [-0.3, -0.25) is 4.98 Å². The number of pyridine rings is 1. The normalized spacial score (nSPS) is 23.7. The van der Waals surface area contributed by atoms with E-state index in [0.717, 1.165) is 55.9 Å². The molecule has 3 rings (SSSR count). The van der Waals surface area contributed by atoms with Crippen molar-refractivity contribution in [1.82, 2.24) is 10.3 Å². The summed E-state index contributed by atoms with van der Waals surface area (Å²) < 4.78 is 11.4. The third-order valence-electron chi connectivity index (χ3n) is 4.04. The average Bonchev–Trinajstić information content (AvgIpc) is 3.02. The molecule has 1 N–H and O–H groups in total. The van der Waals surface area contributed by atoms with Crippen LogP contribution in [-0.2, 0) is 4.74 Å². The second-order valence-corrected chi connectivity index (χ2v) is 5.51. The Kier molecular flexibility index (Phi) is 4.33. The zero-order valence-corrected chi connectivity index (χ0v) is 11.8. The maximum Gasteiger partial charge on any atom is 0.138 e. The molecule has 0 spiro atoms. The fraction of sp³-hybridized carbons (Fsp3) is 0.562. The van der Waals surface area contributed by atoms with Gasteiger partial charge in [-0.2, -0.15) is 0 Å². The Morgan fingerprint density at radius 3 is 2.90 bits per heavy atom. The molecule has 1 aromatic rings. The Morgan fingerprint density at radius 2 is 2.15 bits per heavy atom. The summed E-state index contributed by atoms with van der Waals surface area (Å²) in [6.45, 7) is 6.87. The van der Waals surface area contributed by atoms with Crippen molar-refractivity contribution in [1.29, 1.82) is 0 Å². The molecule has 0 amide bonds. The molecule has 2 aliphatic heterocycles. The van der Waals surface area contributed by atoms with E-state index in [1.807, 2.05) is 6.20 Å². The minimum atomic E-state index is 0.249. The summed E-state index contributed by atoms with van der Waals surface area (Å²) in [4.78, 5) is 4.30. The first kappa shape index (κ1) is 13.6. The Hall–Kier alpha value is -1.39. The minimum absolute atomic E-state index is 0.249. The predicted molar refractivity (Wildman–Crippen MR) is 78.8 cm³/mol. The maximum absolute atomic E-state index is 6.00. The summed E-state index contributed by atoms with van der Waals surface area (Å²) in [5.74, 6) is 0.841. The highest BCUT2D eigenvalue weighted by molar-refractivity contribution is 5.68. The van der Waals surface area contributed by atoms with Crippen molar-refractivity contribution in [2.75, 3.05) is 19.8 Å². The summed E-state index contributed by atoms with van der Waals surface area (Å²) in [5, 5.41) is 3.47. The average molecular weight is 274 g/mol. The molecule has 1 atom stereocenters. The smallest absolute Gasteiger partial charge is 0.138 e. The topological polar surface area (TPSA) is 43.4 Å². The number of hydrogen-bond donors (Lipinski definition) is 1. The maximum atomic E-state index is 6.00. The van der Waals surface area contributed by atoms with E-state index in [2.05, 4.69) is 22.9 Å². The first-order valence-corrected chi connectivity index (χ1v) is 7.45. The number of nitrogens with zero attached hydrogens (tertiary/aromatic N) is 1. The van der Waals surface area contributed by atoms with Crippen molar-refractivity contribution >= 4 is 5.57 Å². The van der Waals surface area contributed by atoms with Gasteiger partial charge in [0.05, 0.1) is 19.4 Å². The molecule has 20 heavy (non-hydrogen) atoms. The number of rotatable bonds is 4. The molecule has 0 aromatic carbocycles. The number of nitrogens with one attached hydrogen (secondary N) is 1. The Balaban J connectivity index is 1.67. The summed E-state index contributed by atoms with van der Waals surface area (Å²) >= 11 is 0. The van der Waals surface area contributed by atoms with Gasteiger partial charge >= 0.3 is 0 Å². The molecule has 2 saturated heterocycles. The van der Waals surface area contributed by atoms with Crippen LogP contribution in [0.5, 0.6) is 5.75 Å². The minimum Gasteiger partial charge on any atom is -0.489 e. The van der Waals surface area contributed by atoms with Crippen molar-refractivity contribution < 1.29 is 9.47 Å². The third-order valence-corrected chi connectivity index (χ3v) is 4.04. The molecule has 0 saturated carbocycles. The fourth-order valence-corrected chi connectivity index (χ4v) is 2.83. The van der Waals surface area contributed by atoms with Gasteiger partial charge in [0, 0.05) is 30.6 Å². The lowest BCUT2D eigenvalue weighted by Crippen LogP contribution is -2.26. The van der Waals surface area contributed by atoms with Gasteiger partial charge in [-0.15, -0.1) is 0 Å². The van der Waals surface area contributed by atoms with Gasteiger partial charge in [0.1, 0.15) is 11.9 Å². The van der Waals surface area contributed by atoms with E-state index < -0.39 is 0 Å². The Bertz CT molecular complexity index is 463. The summed E-state index contributed by atoms with van der Waals surface area (Å²) in [7, 11) is 0. The molecular weight excluding hydrogens is 252 g/mol. The molecule has 0 radical (unpaired) electrons. The predicted octanol–water partition coefficient (Wildman–Crippen LogP) is 2.40. The van der Waals surface area contributed by atoms with Gasteiger partial charge in [0.25, 0.3) is 0 Å². The van der Waals surface area contributed by atoms with Gasteiger partial charge < -0.3 is 14.8 Å². The van der Waals surface area contributed by atoms with E-state index >= 15 is 0 Å². The van der Waals surface area contributed by atoms with Crippen LogP contribution in [-0.4, -0.2) is 36.9 Å². The highest BCUT2D eigenvalue weighted by Gasteiger charge is 2.20. The van der Waals surface area contributed by atoms with Gasteiger partial charge in [-0.1, -0.05) is 6.58 Å². The van der Waals surface area contributed by atoms with Crippen LogP contribution < -0.4 is 10.1 Å². The summed E-state index contributed by atoms with van der Waals surface area (Å²) in [6.07, 6.45) is 8.19. The molecule has 2 fully saturated rings. The van der Waals surface area contributed by atoms with Crippen molar-refractivity contribution in [3.05, 3.63) is 30.6 Å². The van der Waals surface area contributed by atoms with E-state index in [4.69, 9.17) is 9.47 Å². The van der Waals surface area contributed by atoms with Crippen LogP contribution in [0.3, 0.4) is 0 Å². The van der Waals surface area contributed by atoms with Gasteiger partial charge in [-0.05, 0) is 31.0 Å². The van der Waals surface area contributed by atoms with Crippen molar-refractivity contribution in [3.8, 4) is 5.75 Å². The number of ether oxygens (including phenoxy) is 2. The van der Waals surface area contributed by atoms with Crippen LogP contribution in [0, 0.1) is 0 Å². The molecule has 0 bridgehead atoms. The largest absolute Gasteiger partial charge is 0.489 e. The lowest BCUT2D eigenvalue weighted by Gasteiger charge is -2.23. The summed E-state index contributed by atoms with van der Waals surface area (Å²) in [6, 6.07) is 2.44. The van der Waals surface area contributed by atoms with E-state index in [9.17, 15) is 0 Å². The molecule has 1 unspecified atom stereocenters. The molecule has 1 aromatic heterocycles. The fourth-order valence-electron chi connectivity index (χ4n) is 2.83. The van der Waals surface area contributed by atoms with E-state index in [-0.39, 0.29) is 6.10 Å². The lowest BCUT2D eigenvalue weighted by atomic mass is 10.0. The van der Waals surface area contributed by atoms with Gasteiger partial charge in [0.15, 0.2) is 0 Å². The van der Waals surface area contributed by atoms with Gasteiger partial charge in [-0.25, -0.2) is 0 Å². The first-order valence-electron chi connectivity index (χ1n) is 7.45. The van der Waals surface area contributed by atoms with Gasteiger partial charge in [0.2, 0.25) is 0 Å². The standard InChI is InChI=1S/C16H22N2O2/c1-12(16-3-2-6-18-16)13-9-15(11-17-10-13)20-14-4-7-19-8-5-14/h9-11,14,16,18H,1-8H2. The van der Waals surface area contributed by atoms with Crippen molar-refractivity contribution in [3.63, 3.8) is 0 Å². The molecule has 4 heteroatoms. The lowest BCUT2D eigenvalue weighted by molar-refractivity contribution is 0.0254. The molecule has 3 heterocycles. The van der Waals surface area contributed by atoms with Crippen molar-refractivity contribution in [2.24, 2.45) is 0 Å². The van der Waals surface area contributed by atoms with E-state index in [1.165, 1.54) is 6.42 Å². The second-order valence-electron chi connectivity index (χ2n) is 5.51. The Labute approximate surface area is 120 Å². The SMILES string of the molecule is C=C(c1cncc(OC2CCOCC2)c1)C1CCCN1. The van der Waals surface area contributed by atoms with E-state index in [0.29, 0.717) is 6.04 Å². The number of hydrogen-bond acceptors (Lipinski definition) is 4. The van der Waals surface area contributed by atoms with Crippen LogP contribution >= 0.6 is 0 Å². The molecular formula is C16H22N2O2. The third kappa shape index (κ3) is 3.19. The van der Waals surface area contributed by atoms with Crippen LogP contribution in [0.2, 0.25) is 0 Å². The van der Waals surface area contributed by atoms with E-state index in [1.54, 1.807) is 6.20 Å². The zero-order valence-electron chi connectivity index (χ0n) is 11.8. The van der Waals surface area contributed by atoms with Crippen LogP contribution in [0.15, 0.2) is 25.0 Å². The first-order chi connectivity index (χ1) is 9.83. The number of aromatic nitrogens is 1. The highest BCUT2D eigenvalue weighted by Crippen LogP contribution is 2.25.